The Morgan fingerprint density at radius 3 is 1.98 bits per heavy atom. The number of nitrogens with zero attached hydrogens (tertiary/aromatic N) is 3. The quantitative estimate of drug-likeness (QED) is 0.0504. The van der Waals surface area contributed by atoms with E-state index in [0.29, 0.717) is 5.96 Å². The highest BCUT2D eigenvalue weighted by Crippen LogP contribution is 2.34. The number of para-hydroxylation sites is 1. The number of benzene rings is 3. The van der Waals surface area contributed by atoms with Crippen LogP contribution in [0.3, 0.4) is 0 Å². The van der Waals surface area contributed by atoms with Gasteiger partial charge in [0, 0.05) is 30.0 Å². The van der Waals surface area contributed by atoms with Crippen LogP contribution in [0.1, 0.15) is 58.3 Å². The first kappa shape index (κ1) is 33.0. The standard InChI is InChI=1S/C36H47N5O2S/c1-4-5-6-7-12-25-41(35(37)38-30-15-10-8-11-16-30)26-13-9-14-27-44-36-39-33(28-17-21-31(42-2)22-18-28)34(40-36)29-19-23-32(43-3)24-20-29/h8,10-11,15-24H,4-7,9,12-14,25-27H2,1-3H3,(H2,37,38)(H,39,40). The van der Waals surface area contributed by atoms with Gasteiger partial charge in [0.05, 0.1) is 31.3 Å². The van der Waals surface area contributed by atoms with Crippen LogP contribution in [0.25, 0.3) is 22.5 Å². The second kappa shape index (κ2) is 18.0. The van der Waals surface area contributed by atoms with Crippen LogP contribution < -0.4 is 15.2 Å². The number of hydrogen-bond donors (Lipinski definition) is 2. The molecule has 4 rings (SSSR count). The van der Waals surface area contributed by atoms with E-state index in [-0.39, 0.29) is 0 Å². The predicted octanol–water partition coefficient (Wildman–Crippen LogP) is 8.94. The van der Waals surface area contributed by atoms with Gasteiger partial charge in [-0.1, -0.05) is 69.0 Å². The minimum Gasteiger partial charge on any atom is -0.497 e. The maximum atomic E-state index is 6.50. The largest absolute Gasteiger partial charge is 0.497 e. The monoisotopic (exact) mass is 613 g/mol. The topological polar surface area (TPSA) is 88.8 Å². The number of methoxy groups -OCH3 is 2. The van der Waals surface area contributed by atoms with E-state index in [1.165, 1.54) is 25.7 Å². The maximum Gasteiger partial charge on any atom is 0.196 e. The number of aromatic amines is 1. The zero-order valence-corrected chi connectivity index (χ0v) is 27.2. The van der Waals surface area contributed by atoms with Crippen molar-refractivity contribution in [2.24, 2.45) is 10.7 Å². The van der Waals surface area contributed by atoms with Crippen LogP contribution in [0.5, 0.6) is 11.5 Å². The Kier molecular flexibility index (Phi) is 13.5. The number of guanidine groups is 1. The maximum absolute atomic E-state index is 6.50. The zero-order valence-electron chi connectivity index (χ0n) is 26.4. The number of ether oxygens (including phenoxy) is 2. The molecule has 7 nitrogen and oxygen atoms in total. The van der Waals surface area contributed by atoms with E-state index < -0.39 is 0 Å². The number of thioether (sulfide) groups is 1. The normalized spacial score (nSPS) is 11.5. The molecular weight excluding hydrogens is 566 g/mol. The van der Waals surface area contributed by atoms with Crippen LogP contribution >= 0.6 is 11.8 Å². The Balaban J connectivity index is 1.34. The van der Waals surface area contributed by atoms with Gasteiger partial charge in [0.2, 0.25) is 0 Å². The van der Waals surface area contributed by atoms with Gasteiger partial charge in [-0.15, -0.1) is 0 Å². The molecule has 0 fully saturated rings. The first-order chi connectivity index (χ1) is 21.6. The first-order valence-corrected chi connectivity index (χ1v) is 16.8. The Morgan fingerprint density at radius 1 is 0.773 bits per heavy atom. The molecule has 0 saturated carbocycles. The fraction of sp³-hybridized carbons (Fsp3) is 0.389. The Bertz CT molecular complexity index is 1340. The van der Waals surface area contributed by atoms with Crippen LogP contribution in [0.2, 0.25) is 0 Å². The Hall–Kier alpha value is -3.91. The van der Waals surface area contributed by atoms with Gasteiger partial charge < -0.3 is 25.1 Å². The molecule has 4 aromatic rings. The van der Waals surface area contributed by atoms with Crippen molar-refractivity contribution in [1.82, 2.24) is 14.9 Å². The van der Waals surface area contributed by atoms with E-state index in [1.54, 1.807) is 26.0 Å². The molecule has 0 aliphatic rings. The van der Waals surface area contributed by atoms with E-state index in [4.69, 9.17) is 25.2 Å². The summed E-state index contributed by atoms with van der Waals surface area (Å²) in [6, 6.07) is 26.1. The highest BCUT2D eigenvalue weighted by molar-refractivity contribution is 7.99. The molecule has 0 atom stereocenters. The van der Waals surface area contributed by atoms with Crippen molar-refractivity contribution in [2.45, 2.75) is 63.4 Å². The smallest absolute Gasteiger partial charge is 0.196 e. The minimum absolute atomic E-state index is 0.619. The number of aliphatic imine (C=N–C) groups is 1. The second-order valence-corrected chi connectivity index (χ2v) is 11.9. The molecular formula is C36H47N5O2S. The molecule has 0 spiro atoms. The first-order valence-electron chi connectivity index (χ1n) is 15.8. The zero-order chi connectivity index (χ0) is 31.0. The number of hydrogen-bond acceptors (Lipinski definition) is 5. The number of imidazole rings is 1. The van der Waals surface area contributed by atoms with Gasteiger partial charge in [-0.2, -0.15) is 0 Å². The van der Waals surface area contributed by atoms with Crippen LogP contribution in [-0.2, 0) is 0 Å². The van der Waals surface area contributed by atoms with E-state index in [9.17, 15) is 0 Å². The van der Waals surface area contributed by atoms with E-state index in [0.717, 1.165) is 89.4 Å². The fourth-order valence-corrected chi connectivity index (χ4v) is 5.92. The number of unbranched alkanes of at least 4 members (excludes halogenated alkanes) is 6. The van der Waals surface area contributed by atoms with Crippen LogP contribution in [0.4, 0.5) is 5.69 Å². The van der Waals surface area contributed by atoms with Gasteiger partial charge in [0.15, 0.2) is 11.1 Å². The van der Waals surface area contributed by atoms with Crippen LogP contribution in [0.15, 0.2) is 89.0 Å². The molecule has 3 aromatic carbocycles. The minimum atomic E-state index is 0.619. The summed E-state index contributed by atoms with van der Waals surface area (Å²) < 4.78 is 10.7. The number of aromatic nitrogens is 2. The molecule has 0 bridgehead atoms. The molecule has 0 saturated heterocycles. The summed E-state index contributed by atoms with van der Waals surface area (Å²) in [7, 11) is 3.36. The van der Waals surface area contributed by atoms with Crippen LogP contribution in [0, 0.1) is 0 Å². The second-order valence-electron chi connectivity index (χ2n) is 10.8. The number of nitrogens with one attached hydrogen (secondary N) is 1. The lowest BCUT2D eigenvalue weighted by molar-refractivity contribution is 0.384. The van der Waals surface area contributed by atoms with E-state index in [1.807, 2.05) is 54.6 Å². The van der Waals surface area contributed by atoms with Crippen molar-refractivity contribution in [3.8, 4) is 34.0 Å². The molecule has 0 aliphatic heterocycles. The van der Waals surface area contributed by atoms with Gasteiger partial charge in [-0.25, -0.2) is 9.98 Å². The third kappa shape index (κ3) is 10.1. The lowest BCUT2D eigenvalue weighted by Gasteiger charge is -2.23. The average Bonchev–Trinajstić information content (AvgIpc) is 3.49. The van der Waals surface area contributed by atoms with Crippen molar-refractivity contribution >= 4 is 23.4 Å². The van der Waals surface area contributed by atoms with Gasteiger partial charge in [-0.3, -0.25) is 0 Å². The van der Waals surface area contributed by atoms with Crippen molar-refractivity contribution in [3.05, 3.63) is 78.9 Å². The molecule has 44 heavy (non-hydrogen) atoms. The van der Waals surface area contributed by atoms with E-state index in [2.05, 4.69) is 41.1 Å². The predicted molar refractivity (Wildman–Crippen MR) is 185 cm³/mol. The van der Waals surface area contributed by atoms with Crippen LogP contribution in [-0.4, -0.2) is 53.9 Å². The molecule has 234 valence electrons. The highest BCUT2D eigenvalue weighted by Gasteiger charge is 2.15. The van der Waals surface area contributed by atoms with Gasteiger partial charge in [-0.05, 0) is 79.9 Å². The number of rotatable bonds is 18. The molecule has 0 unspecified atom stereocenters. The average molecular weight is 614 g/mol. The van der Waals surface area contributed by atoms with Crippen molar-refractivity contribution < 1.29 is 9.47 Å². The summed E-state index contributed by atoms with van der Waals surface area (Å²) in [5, 5.41) is 0.926. The third-order valence-electron chi connectivity index (χ3n) is 7.59. The Morgan fingerprint density at radius 2 is 1.36 bits per heavy atom. The molecule has 8 heteroatoms. The molecule has 0 amide bonds. The summed E-state index contributed by atoms with van der Waals surface area (Å²) in [5.41, 5.74) is 11.5. The number of H-pyrrole nitrogens is 1. The SMILES string of the molecule is CCCCCCCN(CCCCCSc1nc(-c2ccc(OC)cc2)c(-c2ccc(OC)cc2)[nH]1)C(N)=Nc1ccccc1. The third-order valence-corrected chi connectivity index (χ3v) is 8.55. The lowest BCUT2D eigenvalue weighted by atomic mass is 10.0. The molecule has 1 aromatic heterocycles. The van der Waals surface area contributed by atoms with Crippen molar-refractivity contribution in [1.29, 1.82) is 0 Å². The highest BCUT2D eigenvalue weighted by atomic mass is 32.2. The molecule has 0 radical (unpaired) electrons. The summed E-state index contributed by atoms with van der Waals surface area (Å²) in [5.74, 6) is 3.27. The molecule has 1 heterocycles. The fourth-order valence-electron chi connectivity index (χ4n) is 5.05. The summed E-state index contributed by atoms with van der Waals surface area (Å²) in [6.45, 7) is 4.13. The lowest BCUT2D eigenvalue weighted by Crippen LogP contribution is -2.38. The molecule has 0 aliphatic carbocycles. The van der Waals surface area contributed by atoms with Crippen molar-refractivity contribution in [3.63, 3.8) is 0 Å². The van der Waals surface area contributed by atoms with Gasteiger partial charge >= 0.3 is 0 Å². The van der Waals surface area contributed by atoms with Gasteiger partial charge in [0.1, 0.15) is 11.5 Å². The molecule has 3 N–H and O–H groups in total. The summed E-state index contributed by atoms with van der Waals surface area (Å²) in [6.07, 6.45) is 9.51. The van der Waals surface area contributed by atoms with Crippen molar-refractivity contribution in [2.75, 3.05) is 33.1 Å². The van der Waals surface area contributed by atoms with E-state index >= 15 is 0 Å². The Labute approximate surface area is 267 Å². The summed E-state index contributed by atoms with van der Waals surface area (Å²) >= 11 is 1.77. The van der Waals surface area contributed by atoms with Gasteiger partial charge in [0.25, 0.3) is 0 Å². The summed E-state index contributed by atoms with van der Waals surface area (Å²) in [4.78, 5) is 15.6. The number of nitrogens with two attached hydrogens (primary N) is 1.